The smallest absolute Gasteiger partial charge is 0.407 e. The van der Waals surface area contributed by atoms with Crippen LogP contribution in [0.15, 0.2) is 24.3 Å². The van der Waals surface area contributed by atoms with Gasteiger partial charge in [-0.05, 0) is 30.5 Å². The maximum Gasteiger partial charge on any atom is 0.407 e. The normalized spacial score (nSPS) is 23.0. The van der Waals surface area contributed by atoms with E-state index in [4.69, 9.17) is 11.6 Å². The SMILES string of the molecule is COC(=O)NC1CC(C)CN(c2cccc(Cl)c2)C1. The summed E-state index contributed by atoms with van der Waals surface area (Å²) < 4.78 is 4.66. The number of alkyl carbamates (subject to hydrolysis) is 1. The van der Waals surface area contributed by atoms with Crippen molar-refractivity contribution in [3.8, 4) is 0 Å². The first-order valence-corrected chi connectivity index (χ1v) is 6.81. The lowest BCUT2D eigenvalue weighted by atomic mass is 9.95. The minimum atomic E-state index is -0.370. The molecule has 2 rings (SSSR count). The van der Waals surface area contributed by atoms with Crippen molar-refractivity contribution >= 4 is 23.4 Å². The summed E-state index contributed by atoms with van der Waals surface area (Å²) in [6, 6.07) is 7.91. The first kappa shape index (κ1) is 14.0. The van der Waals surface area contributed by atoms with Gasteiger partial charge in [-0.15, -0.1) is 0 Å². The van der Waals surface area contributed by atoms with Gasteiger partial charge in [0, 0.05) is 29.8 Å². The van der Waals surface area contributed by atoms with Crippen molar-refractivity contribution in [2.75, 3.05) is 25.1 Å². The molecule has 1 amide bonds. The highest BCUT2D eigenvalue weighted by atomic mass is 35.5. The van der Waals surface area contributed by atoms with Gasteiger partial charge >= 0.3 is 6.09 Å². The van der Waals surface area contributed by atoms with Crippen LogP contribution in [-0.2, 0) is 4.74 Å². The van der Waals surface area contributed by atoms with E-state index >= 15 is 0 Å². The summed E-state index contributed by atoms with van der Waals surface area (Å²) >= 11 is 6.03. The third-order valence-electron chi connectivity index (χ3n) is 3.34. The second-order valence-corrected chi connectivity index (χ2v) is 5.50. The molecule has 1 aliphatic rings. The van der Waals surface area contributed by atoms with E-state index < -0.39 is 0 Å². The molecule has 5 heteroatoms. The molecule has 0 bridgehead atoms. The van der Waals surface area contributed by atoms with Crippen LogP contribution in [0.3, 0.4) is 0 Å². The largest absolute Gasteiger partial charge is 0.453 e. The van der Waals surface area contributed by atoms with Crippen LogP contribution in [0.5, 0.6) is 0 Å². The monoisotopic (exact) mass is 282 g/mol. The van der Waals surface area contributed by atoms with E-state index in [-0.39, 0.29) is 12.1 Å². The van der Waals surface area contributed by atoms with Gasteiger partial charge in [0.1, 0.15) is 0 Å². The van der Waals surface area contributed by atoms with Crippen molar-refractivity contribution in [1.82, 2.24) is 5.32 Å². The molecule has 2 unspecified atom stereocenters. The number of hydrogen-bond donors (Lipinski definition) is 1. The van der Waals surface area contributed by atoms with Gasteiger partial charge < -0.3 is 15.0 Å². The molecule has 1 N–H and O–H groups in total. The lowest BCUT2D eigenvalue weighted by Gasteiger charge is -2.38. The van der Waals surface area contributed by atoms with Gasteiger partial charge in [-0.25, -0.2) is 4.79 Å². The second-order valence-electron chi connectivity index (χ2n) is 5.06. The van der Waals surface area contributed by atoms with Crippen molar-refractivity contribution in [3.63, 3.8) is 0 Å². The van der Waals surface area contributed by atoms with Crippen LogP contribution in [0.4, 0.5) is 10.5 Å². The standard InChI is InChI=1S/C14H19ClN2O2/c1-10-6-12(16-14(18)19-2)9-17(8-10)13-5-3-4-11(15)7-13/h3-5,7,10,12H,6,8-9H2,1-2H3,(H,16,18). The summed E-state index contributed by atoms with van der Waals surface area (Å²) in [6.45, 7) is 3.93. The van der Waals surface area contributed by atoms with Crippen molar-refractivity contribution < 1.29 is 9.53 Å². The molecular weight excluding hydrogens is 264 g/mol. The van der Waals surface area contributed by atoms with Gasteiger partial charge in [0.2, 0.25) is 0 Å². The van der Waals surface area contributed by atoms with Crippen molar-refractivity contribution in [2.45, 2.75) is 19.4 Å². The number of halogens is 1. The Hall–Kier alpha value is -1.42. The van der Waals surface area contributed by atoms with Crippen molar-refractivity contribution in [2.24, 2.45) is 5.92 Å². The summed E-state index contributed by atoms with van der Waals surface area (Å²) in [6.07, 6.45) is 0.594. The molecule has 4 nitrogen and oxygen atoms in total. The van der Waals surface area contributed by atoms with Crippen LogP contribution < -0.4 is 10.2 Å². The molecule has 0 spiro atoms. The molecule has 1 aromatic rings. The molecule has 0 aromatic heterocycles. The maximum atomic E-state index is 11.3. The van der Waals surface area contributed by atoms with E-state index in [0.717, 1.165) is 30.2 Å². The van der Waals surface area contributed by atoms with Gasteiger partial charge in [-0.2, -0.15) is 0 Å². The van der Waals surface area contributed by atoms with E-state index in [1.165, 1.54) is 7.11 Å². The van der Waals surface area contributed by atoms with Crippen LogP contribution in [0.2, 0.25) is 5.02 Å². The second kappa shape index (κ2) is 6.15. The Bertz CT molecular complexity index is 453. The van der Waals surface area contributed by atoms with Gasteiger partial charge in [0.05, 0.1) is 7.11 Å². The summed E-state index contributed by atoms with van der Waals surface area (Å²) in [5.41, 5.74) is 1.09. The molecule has 1 fully saturated rings. The Labute approximate surface area is 118 Å². The summed E-state index contributed by atoms with van der Waals surface area (Å²) in [5.74, 6) is 0.509. The molecule has 1 saturated heterocycles. The zero-order valence-corrected chi connectivity index (χ0v) is 12.0. The number of ether oxygens (including phenoxy) is 1. The average molecular weight is 283 g/mol. The highest BCUT2D eigenvalue weighted by molar-refractivity contribution is 6.30. The number of piperidine rings is 1. The Kier molecular flexibility index (Phi) is 4.53. The molecule has 1 heterocycles. The highest BCUT2D eigenvalue weighted by Gasteiger charge is 2.26. The fourth-order valence-electron chi connectivity index (χ4n) is 2.57. The van der Waals surface area contributed by atoms with Gasteiger partial charge in [-0.1, -0.05) is 24.6 Å². The number of hydrogen-bond acceptors (Lipinski definition) is 3. The van der Waals surface area contributed by atoms with Crippen LogP contribution >= 0.6 is 11.6 Å². The number of amides is 1. The quantitative estimate of drug-likeness (QED) is 0.907. The first-order valence-electron chi connectivity index (χ1n) is 6.43. The molecule has 1 aliphatic heterocycles. The number of nitrogens with one attached hydrogen (secondary N) is 1. The molecule has 1 aromatic carbocycles. The number of nitrogens with zero attached hydrogens (tertiary/aromatic N) is 1. The van der Waals surface area contributed by atoms with Crippen molar-refractivity contribution in [1.29, 1.82) is 0 Å². The number of anilines is 1. The molecule has 0 radical (unpaired) electrons. The van der Waals surface area contributed by atoms with Crippen LogP contribution in [-0.4, -0.2) is 32.3 Å². The summed E-state index contributed by atoms with van der Waals surface area (Å²) in [7, 11) is 1.39. The average Bonchev–Trinajstić information content (AvgIpc) is 2.38. The Morgan fingerprint density at radius 2 is 2.26 bits per heavy atom. The lowest BCUT2D eigenvalue weighted by Crippen LogP contribution is -2.50. The van der Waals surface area contributed by atoms with Crippen LogP contribution in [0.1, 0.15) is 13.3 Å². The Morgan fingerprint density at radius 3 is 2.95 bits per heavy atom. The summed E-state index contributed by atoms with van der Waals surface area (Å²) in [4.78, 5) is 13.6. The number of rotatable bonds is 2. The molecule has 0 aliphatic carbocycles. The molecule has 19 heavy (non-hydrogen) atoms. The molecule has 104 valence electrons. The Balaban J connectivity index is 2.07. The van der Waals surface area contributed by atoms with Crippen molar-refractivity contribution in [3.05, 3.63) is 29.3 Å². The zero-order valence-electron chi connectivity index (χ0n) is 11.2. The van der Waals surface area contributed by atoms with Crippen LogP contribution in [0.25, 0.3) is 0 Å². The number of carbonyl (C=O) groups is 1. The third-order valence-corrected chi connectivity index (χ3v) is 3.58. The fraction of sp³-hybridized carbons (Fsp3) is 0.500. The van der Waals surface area contributed by atoms with Gasteiger partial charge in [0.25, 0.3) is 0 Å². The molecule has 2 atom stereocenters. The van der Waals surface area contributed by atoms with Gasteiger partial charge in [-0.3, -0.25) is 0 Å². The number of carbonyl (C=O) groups excluding carboxylic acids is 1. The van der Waals surface area contributed by atoms with E-state index in [2.05, 4.69) is 21.9 Å². The van der Waals surface area contributed by atoms with E-state index in [0.29, 0.717) is 5.92 Å². The predicted molar refractivity (Wildman–Crippen MR) is 76.8 cm³/mol. The number of methoxy groups -OCH3 is 1. The Morgan fingerprint density at radius 1 is 1.47 bits per heavy atom. The zero-order chi connectivity index (χ0) is 13.8. The maximum absolute atomic E-state index is 11.3. The van der Waals surface area contributed by atoms with Gasteiger partial charge in [0.15, 0.2) is 0 Å². The van der Waals surface area contributed by atoms with E-state index in [9.17, 15) is 4.79 Å². The summed E-state index contributed by atoms with van der Waals surface area (Å²) in [5, 5.41) is 3.61. The van der Waals surface area contributed by atoms with E-state index in [1.807, 2.05) is 24.3 Å². The first-order chi connectivity index (χ1) is 9.08. The molecular formula is C14H19ClN2O2. The third kappa shape index (κ3) is 3.77. The minimum absolute atomic E-state index is 0.107. The fourth-order valence-corrected chi connectivity index (χ4v) is 2.75. The lowest BCUT2D eigenvalue weighted by molar-refractivity contribution is 0.163. The number of benzene rings is 1. The topological polar surface area (TPSA) is 41.6 Å². The van der Waals surface area contributed by atoms with Crippen LogP contribution in [0, 0.1) is 5.92 Å². The minimum Gasteiger partial charge on any atom is -0.453 e. The predicted octanol–water partition coefficient (Wildman–Crippen LogP) is 2.91. The molecule has 0 saturated carbocycles. The highest BCUT2D eigenvalue weighted by Crippen LogP contribution is 2.25. The van der Waals surface area contributed by atoms with E-state index in [1.54, 1.807) is 0 Å².